The molecule has 1 aromatic rings. The van der Waals surface area contributed by atoms with E-state index in [1.807, 2.05) is 0 Å². The number of rotatable bonds is 4. The van der Waals surface area contributed by atoms with Crippen LogP contribution < -0.4 is 4.72 Å². The molecule has 0 radical (unpaired) electrons. The van der Waals surface area contributed by atoms with Crippen molar-refractivity contribution in [3.05, 3.63) is 16.3 Å². The third-order valence-electron chi connectivity index (χ3n) is 3.63. The maximum absolute atomic E-state index is 12.2. The Hall–Kier alpha value is -0.470. The standard InChI is InChI=1S/C12H20N2O3S2/c1-9-5-10(3-4-14(9)2)13-19(16,17)12-6-11(7-15)18-8-12/h6,8-10,13,15H,3-5,7H2,1-2H3. The van der Waals surface area contributed by atoms with Crippen molar-refractivity contribution in [2.45, 2.75) is 43.4 Å². The van der Waals surface area contributed by atoms with Gasteiger partial charge >= 0.3 is 0 Å². The van der Waals surface area contributed by atoms with E-state index < -0.39 is 10.0 Å². The van der Waals surface area contributed by atoms with Gasteiger partial charge in [-0.15, -0.1) is 11.3 Å². The van der Waals surface area contributed by atoms with Crippen LogP contribution in [0.15, 0.2) is 16.3 Å². The minimum absolute atomic E-state index is 0.00586. The molecule has 19 heavy (non-hydrogen) atoms. The fourth-order valence-corrected chi connectivity index (χ4v) is 4.69. The lowest BCUT2D eigenvalue weighted by Crippen LogP contribution is -2.47. The molecule has 2 atom stereocenters. The molecule has 5 nitrogen and oxygen atoms in total. The average Bonchev–Trinajstić information content (AvgIpc) is 2.83. The average molecular weight is 304 g/mol. The van der Waals surface area contributed by atoms with E-state index in [4.69, 9.17) is 5.11 Å². The molecule has 0 saturated carbocycles. The lowest BCUT2D eigenvalue weighted by molar-refractivity contribution is 0.178. The molecule has 2 heterocycles. The molecule has 1 aromatic heterocycles. The van der Waals surface area contributed by atoms with E-state index in [0.717, 1.165) is 19.4 Å². The van der Waals surface area contributed by atoms with Gasteiger partial charge in [-0.25, -0.2) is 13.1 Å². The summed E-state index contributed by atoms with van der Waals surface area (Å²) >= 11 is 1.26. The fourth-order valence-electron chi connectivity index (χ4n) is 2.27. The molecule has 0 spiro atoms. The van der Waals surface area contributed by atoms with Crippen molar-refractivity contribution in [2.24, 2.45) is 0 Å². The summed E-state index contributed by atoms with van der Waals surface area (Å²) in [6.45, 7) is 2.89. The third-order valence-corrected chi connectivity index (χ3v) is 6.20. The zero-order valence-corrected chi connectivity index (χ0v) is 12.8. The van der Waals surface area contributed by atoms with Crippen LogP contribution in [0.25, 0.3) is 0 Å². The Morgan fingerprint density at radius 2 is 2.32 bits per heavy atom. The van der Waals surface area contributed by atoms with Gasteiger partial charge in [0.05, 0.1) is 11.5 Å². The van der Waals surface area contributed by atoms with Gasteiger partial charge in [0, 0.05) is 22.3 Å². The SMILES string of the molecule is CC1CC(NS(=O)(=O)c2csc(CO)c2)CCN1C. The third kappa shape index (κ3) is 3.55. The van der Waals surface area contributed by atoms with Crippen LogP contribution in [-0.2, 0) is 16.6 Å². The minimum Gasteiger partial charge on any atom is -0.391 e. The number of piperidine rings is 1. The second kappa shape index (κ2) is 5.88. The summed E-state index contributed by atoms with van der Waals surface area (Å²) in [6, 6.07) is 1.91. The highest BCUT2D eigenvalue weighted by atomic mass is 32.2. The van der Waals surface area contributed by atoms with Gasteiger partial charge in [0.25, 0.3) is 0 Å². The highest BCUT2D eigenvalue weighted by molar-refractivity contribution is 7.89. The first-order valence-corrected chi connectivity index (χ1v) is 8.69. The van der Waals surface area contributed by atoms with E-state index >= 15 is 0 Å². The van der Waals surface area contributed by atoms with Gasteiger partial charge in [-0.3, -0.25) is 0 Å². The van der Waals surface area contributed by atoms with E-state index in [2.05, 4.69) is 23.6 Å². The number of nitrogens with zero attached hydrogens (tertiary/aromatic N) is 1. The molecular formula is C12H20N2O3S2. The smallest absolute Gasteiger partial charge is 0.241 e. The summed E-state index contributed by atoms with van der Waals surface area (Å²) in [5.74, 6) is 0. The monoisotopic (exact) mass is 304 g/mol. The van der Waals surface area contributed by atoms with E-state index in [1.54, 1.807) is 5.38 Å². The molecule has 1 aliphatic heterocycles. The summed E-state index contributed by atoms with van der Waals surface area (Å²) in [6.07, 6.45) is 1.66. The number of hydrogen-bond acceptors (Lipinski definition) is 5. The van der Waals surface area contributed by atoms with Crippen molar-refractivity contribution in [2.75, 3.05) is 13.6 Å². The highest BCUT2D eigenvalue weighted by Crippen LogP contribution is 2.22. The van der Waals surface area contributed by atoms with Gasteiger partial charge in [-0.1, -0.05) is 0 Å². The summed E-state index contributed by atoms with van der Waals surface area (Å²) in [7, 11) is -1.40. The molecule has 0 amide bonds. The molecular weight excluding hydrogens is 284 g/mol. The molecule has 1 fully saturated rings. The first-order chi connectivity index (χ1) is 8.92. The Labute approximate surface area is 118 Å². The van der Waals surface area contributed by atoms with Crippen molar-refractivity contribution < 1.29 is 13.5 Å². The number of aliphatic hydroxyl groups excluding tert-OH is 1. The number of sulfonamides is 1. The van der Waals surface area contributed by atoms with Crippen molar-refractivity contribution in [1.29, 1.82) is 0 Å². The highest BCUT2D eigenvalue weighted by Gasteiger charge is 2.27. The van der Waals surface area contributed by atoms with E-state index in [1.165, 1.54) is 17.4 Å². The predicted molar refractivity (Wildman–Crippen MR) is 75.7 cm³/mol. The van der Waals surface area contributed by atoms with E-state index in [-0.39, 0.29) is 17.5 Å². The molecule has 1 aliphatic rings. The second-order valence-electron chi connectivity index (χ2n) is 5.08. The minimum atomic E-state index is -3.46. The Morgan fingerprint density at radius 3 is 2.89 bits per heavy atom. The van der Waals surface area contributed by atoms with Gasteiger partial charge in [0.1, 0.15) is 0 Å². The first kappa shape index (κ1) is 14.9. The molecule has 2 unspecified atom stereocenters. The Kier molecular flexibility index (Phi) is 4.62. The molecule has 1 saturated heterocycles. The molecule has 2 rings (SSSR count). The zero-order chi connectivity index (χ0) is 14.0. The van der Waals surface area contributed by atoms with Gasteiger partial charge in [0.2, 0.25) is 10.0 Å². The summed E-state index contributed by atoms with van der Waals surface area (Å²) in [5, 5.41) is 10.6. The number of likely N-dealkylation sites (tertiary alicyclic amines) is 1. The Morgan fingerprint density at radius 1 is 1.58 bits per heavy atom. The van der Waals surface area contributed by atoms with Crippen molar-refractivity contribution in [3.63, 3.8) is 0 Å². The number of aliphatic hydroxyl groups is 1. The second-order valence-corrected chi connectivity index (χ2v) is 7.79. The van der Waals surface area contributed by atoms with Gasteiger partial charge < -0.3 is 10.0 Å². The zero-order valence-electron chi connectivity index (χ0n) is 11.2. The van der Waals surface area contributed by atoms with Crippen LogP contribution in [0.5, 0.6) is 0 Å². The van der Waals surface area contributed by atoms with Crippen molar-refractivity contribution in [3.8, 4) is 0 Å². The lowest BCUT2D eigenvalue weighted by Gasteiger charge is -2.35. The Bertz CT molecular complexity index is 527. The Balaban J connectivity index is 2.05. The van der Waals surface area contributed by atoms with Gasteiger partial charge in [-0.05, 0) is 39.4 Å². The van der Waals surface area contributed by atoms with Crippen LogP contribution in [0.3, 0.4) is 0 Å². The van der Waals surface area contributed by atoms with Crippen molar-refractivity contribution >= 4 is 21.4 Å². The maximum atomic E-state index is 12.2. The van der Waals surface area contributed by atoms with Crippen LogP contribution in [0.2, 0.25) is 0 Å². The molecule has 0 aliphatic carbocycles. The molecule has 7 heteroatoms. The summed E-state index contributed by atoms with van der Waals surface area (Å²) < 4.78 is 27.2. The van der Waals surface area contributed by atoms with E-state index in [0.29, 0.717) is 10.9 Å². The van der Waals surface area contributed by atoms with Crippen LogP contribution in [0, 0.1) is 0 Å². The molecule has 108 valence electrons. The largest absolute Gasteiger partial charge is 0.391 e. The number of hydrogen-bond donors (Lipinski definition) is 2. The van der Waals surface area contributed by atoms with Gasteiger partial charge in [0.15, 0.2) is 0 Å². The molecule has 0 aromatic carbocycles. The van der Waals surface area contributed by atoms with Crippen LogP contribution in [-0.4, -0.2) is 44.1 Å². The van der Waals surface area contributed by atoms with Crippen molar-refractivity contribution in [1.82, 2.24) is 9.62 Å². The fraction of sp³-hybridized carbons (Fsp3) is 0.667. The van der Waals surface area contributed by atoms with Gasteiger partial charge in [-0.2, -0.15) is 0 Å². The number of thiophene rings is 1. The lowest BCUT2D eigenvalue weighted by atomic mass is 10.0. The number of nitrogens with one attached hydrogen (secondary N) is 1. The van der Waals surface area contributed by atoms with Crippen LogP contribution >= 0.6 is 11.3 Å². The topological polar surface area (TPSA) is 69.6 Å². The predicted octanol–water partition coefficient (Wildman–Crippen LogP) is 1.00. The maximum Gasteiger partial charge on any atom is 0.241 e. The molecule has 2 N–H and O–H groups in total. The summed E-state index contributed by atoms with van der Waals surface area (Å²) in [4.78, 5) is 3.16. The quantitative estimate of drug-likeness (QED) is 0.871. The van der Waals surface area contributed by atoms with Crippen LogP contribution in [0.1, 0.15) is 24.6 Å². The summed E-state index contributed by atoms with van der Waals surface area (Å²) in [5.41, 5.74) is 0. The normalized spacial score (nSPS) is 25.6. The first-order valence-electron chi connectivity index (χ1n) is 6.33. The van der Waals surface area contributed by atoms with E-state index in [9.17, 15) is 8.42 Å². The van der Waals surface area contributed by atoms with Crippen LogP contribution in [0.4, 0.5) is 0 Å². The molecule has 0 bridgehead atoms.